The Balaban J connectivity index is 2.04. The first kappa shape index (κ1) is 13.8. The van der Waals surface area contributed by atoms with Crippen molar-refractivity contribution in [1.29, 1.82) is 0 Å². The van der Waals surface area contributed by atoms with Crippen LogP contribution < -0.4 is 10.1 Å². The van der Waals surface area contributed by atoms with Crippen molar-refractivity contribution in [2.24, 2.45) is 0 Å². The van der Waals surface area contributed by atoms with Gasteiger partial charge in [0.05, 0.1) is 12.7 Å². The van der Waals surface area contributed by atoms with Gasteiger partial charge in [0.2, 0.25) is 0 Å². The molecule has 4 nitrogen and oxygen atoms in total. The molecule has 2 aromatic carbocycles. The van der Waals surface area contributed by atoms with E-state index in [1.54, 1.807) is 24.3 Å². The molecule has 0 saturated carbocycles. The van der Waals surface area contributed by atoms with E-state index in [9.17, 15) is 9.59 Å². The van der Waals surface area contributed by atoms with E-state index in [-0.39, 0.29) is 5.56 Å². The fourth-order valence-electron chi connectivity index (χ4n) is 1.81. The number of Topliss-reactive ketones (excluding diaryl/α,β-unsaturated/α-hetero) is 1. The third-order valence-electron chi connectivity index (χ3n) is 2.85. The zero-order valence-corrected chi connectivity index (χ0v) is 11.1. The van der Waals surface area contributed by atoms with E-state index in [4.69, 9.17) is 4.74 Å². The molecule has 1 amide bonds. The maximum Gasteiger partial charge on any atom is 0.292 e. The predicted molar refractivity (Wildman–Crippen MR) is 75.6 cm³/mol. The molecule has 0 aliphatic carbocycles. The molecule has 0 spiro atoms. The van der Waals surface area contributed by atoms with Gasteiger partial charge in [-0.3, -0.25) is 9.59 Å². The van der Waals surface area contributed by atoms with E-state index in [0.717, 1.165) is 5.56 Å². The van der Waals surface area contributed by atoms with Gasteiger partial charge in [0.1, 0.15) is 5.75 Å². The van der Waals surface area contributed by atoms with Gasteiger partial charge in [-0.05, 0) is 17.7 Å². The lowest BCUT2D eigenvalue weighted by Crippen LogP contribution is -2.30. The monoisotopic (exact) mass is 269 g/mol. The fraction of sp³-hybridized carbons (Fsp3) is 0.125. The quantitative estimate of drug-likeness (QED) is 0.668. The molecule has 2 rings (SSSR count). The minimum atomic E-state index is -0.640. The topological polar surface area (TPSA) is 55.4 Å². The number of ether oxygens (including phenoxy) is 1. The summed E-state index contributed by atoms with van der Waals surface area (Å²) < 4.78 is 5.08. The van der Waals surface area contributed by atoms with Gasteiger partial charge in [0.15, 0.2) is 0 Å². The van der Waals surface area contributed by atoms with Crippen LogP contribution in [-0.4, -0.2) is 18.8 Å². The number of hydrogen-bond acceptors (Lipinski definition) is 3. The molecule has 102 valence electrons. The third kappa shape index (κ3) is 3.23. The summed E-state index contributed by atoms with van der Waals surface area (Å²) in [6.07, 6.45) is 0. The molecule has 1 N–H and O–H groups in total. The van der Waals surface area contributed by atoms with Crippen LogP contribution in [-0.2, 0) is 11.3 Å². The van der Waals surface area contributed by atoms with Crippen LogP contribution in [0.2, 0.25) is 0 Å². The summed E-state index contributed by atoms with van der Waals surface area (Å²) in [5, 5.41) is 2.60. The lowest BCUT2D eigenvalue weighted by atomic mass is 10.1. The Labute approximate surface area is 117 Å². The highest BCUT2D eigenvalue weighted by Crippen LogP contribution is 2.17. The molecule has 2 aromatic rings. The molecule has 0 aliphatic heterocycles. The molecular weight excluding hydrogens is 254 g/mol. The van der Waals surface area contributed by atoms with Crippen LogP contribution in [0.15, 0.2) is 54.6 Å². The maximum absolute atomic E-state index is 12.1. The molecule has 4 heteroatoms. The number of nitrogens with one attached hydrogen (secondary N) is 1. The minimum absolute atomic E-state index is 0.264. The van der Waals surface area contributed by atoms with Crippen molar-refractivity contribution in [2.75, 3.05) is 7.11 Å². The molecule has 0 atom stereocenters. The lowest BCUT2D eigenvalue weighted by Gasteiger charge is -2.08. The molecule has 0 unspecified atom stereocenters. The van der Waals surface area contributed by atoms with Crippen LogP contribution in [0, 0.1) is 0 Å². The molecule has 0 bridgehead atoms. The van der Waals surface area contributed by atoms with Crippen LogP contribution in [0.3, 0.4) is 0 Å². The van der Waals surface area contributed by atoms with Gasteiger partial charge < -0.3 is 10.1 Å². The summed E-state index contributed by atoms with van der Waals surface area (Å²) >= 11 is 0. The van der Waals surface area contributed by atoms with Gasteiger partial charge in [-0.2, -0.15) is 0 Å². The van der Waals surface area contributed by atoms with Crippen LogP contribution in [0.25, 0.3) is 0 Å². The van der Waals surface area contributed by atoms with E-state index < -0.39 is 11.7 Å². The smallest absolute Gasteiger partial charge is 0.292 e. The Morgan fingerprint density at radius 3 is 2.35 bits per heavy atom. The number of para-hydroxylation sites is 1. The second kappa shape index (κ2) is 6.52. The number of amides is 1. The Bertz CT molecular complexity index is 608. The van der Waals surface area contributed by atoms with Crippen molar-refractivity contribution in [1.82, 2.24) is 5.32 Å². The maximum atomic E-state index is 12.1. The second-order valence-electron chi connectivity index (χ2n) is 4.20. The number of carbonyl (C=O) groups excluding carboxylic acids is 2. The molecule has 0 aliphatic rings. The average Bonchev–Trinajstić information content (AvgIpc) is 2.52. The van der Waals surface area contributed by atoms with Crippen molar-refractivity contribution in [3.05, 3.63) is 65.7 Å². The number of carbonyl (C=O) groups is 2. The Hall–Kier alpha value is -2.62. The van der Waals surface area contributed by atoms with Crippen LogP contribution in [0.4, 0.5) is 0 Å². The van der Waals surface area contributed by atoms with Gasteiger partial charge >= 0.3 is 0 Å². The molecule has 0 aromatic heterocycles. The second-order valence-corrected chi connectivity index (χ2v) is 4.20. The summed E-state index contributed by atoms with van der Waals surface area (Å²) in [6.45, 7) is 0.320. The standard InChI is InChI=1S/C16H15NO3/c1-20-14-10-6-5-9-13(14)15(18)16(19)17-11-12-7-3-2-4-8-12/h2-10H,11H2,1H3,(H,17,19). The van der Waals surface area contributed by atoms with E-state index >= 15 is 0 Å². The Morgan fingerprint density at radius 1 is 1.00 bits per heavy atom. The number of hydrogen-bond donors (Lipinski definition) is 1. The van der Waals surface area contributed by atoms with Gasteiger partial charge in [0, 0.05) is 6.54 Å². The summed E-state index contributed by atoms with van der Waals surface area (Å²) in [5.41, 5.74) is 1.20. The van der Waals surface area contributed by atoms with E-state index in [0.29, 0.717) is 12.3 Å². The number of ketones is 1. The van der Waals surface area contributed by atoms with E-state index in [1.807, 2.05) is 30.3 Å². The number of methoxy groups -OCH3 is 1. The largest absolute Gasteiger partial charge is 0.496 e. The van der Waals surface area contributed by atoms with Crippen molar-refractivity contribution < 1.29 is 14.3 Å². The third-order valence-corrected chi connectivity index (χ3v) is 2.85. The summed E-state index contributed by atoms with van der Waals surface area (Å²) in [6, 6.07) is 16.1. The van der Waals surface area contributed by atoms with Crippen LogP contribution in [0.5, 0.6) is 5.75 Å². The SMILES string of the molecule is COc1ccccc1C(=O)C(=O)NCc1ccccc1. The zero-order valence-electron chi connectivity index (χ0n) is 11.1. The van der Waals surface area contributed by atoms with Gasteiger partial charge in [-0.25, -0.2) is 0 Å². The summed E-state index contributed by atoms with van der Waals surface area (Å²) in [7, 11) is 1.47. The number of benzene rings is 2. The minimum Gasteiger partial charge on any atom is -0.496 e. The molecule has 0 heterocycles. The van der Waals surface area contributed by atoms with Crippen molar-refractivity contribution in [3.63, 3.8) is 0 Å². The molecule has 20 heavy (non-hydrogen) atoms. The summed E-state index contributed by atoms with van der Waals surface area (Å²) in [5.74, 6) is -0.843. The lowest BCUT2D eigenvalue weighted by molar-refractivity contribution is -0.117. The van der Waals surface area contributed by atoms with Gasteiger partial charge in [-0.1, -0.05) is 42.5 Å². The number of rotatable bonds is 5. The highest BCUT2D eigenvalue weighted by Gasteiger charge is 2.19. The van der Waals surface area contributed by atoms with Gasteiger partial charge in [0.25, 0.3) is 11.7 Å². The highest BCUT2D eigenvalue weighted by molar-refractivity contribution is 6.43. The predicted octanol–water partition coefficient (Wildman–Crippen LogP) is 2.19. The van der Waals surface area contributed by atoms with Crippen LogP contribution >= 0.6 is 0 Å². The average molecular weight is 269 g/mol. The molecular formula is C16H15NO3. The first-order valence-electron chi connectivity index (χ1n) is 6.22. The van der Waals surface area contributed by atoms with E-state index in [1.165, 1.54) is 7.11 Å². The van der Waals surface area contributed by atoms with Gasteiger partial charge in [-0.15, -0.1) is 0 Å². The normalized spacial score (nSPS) is 9.85. The Morgan fingerprint density at radius 2 is 1.65 bits per heavy atom. The molecule has 0 radical (unpaired) electrons. The molecule has 0 fully saturated rings. The van der Waals surface area contributed by atoms with E-state index in [2.05, 4.69) is 5.32 Å². The fourth-order valence-corrected chi connectivity index (χ4v) is 1.81. The van der Waals surface area contributed by atoms with Crippen LogP contribution in [0.1, 0.15) is 15.9 Å². The highest BCUT2D eigenvalue weighted by atomic mass is 16.5. The summed E-state index contributed by atoms with van der Waals surface area (Å²) in [4.78, 5) is 23.9. The molecule has 0 saturated heterocycles. The van der Waals surface area contributed by atoms with Crippen molar-refractivity contribution in [2.45, 2.75) is 6.54 Å². The zero-order chi connectivity index (χ0) is 14.4. The first-order chi connectivity index (χ1) is 9.72. The first-order valence-corrected chi connectivity index (χ1v) is 6.22. The van der Waals surface area contributed by atoms with Crippen molar-refractivity contribution in [3.8, 4) is 5.75 Å². The Kier molecular flexibility index (Phi) is 4.50. The van der Waals surface area contributed by atoms with Crippen molar-refractivity contribution >= 4 is 11.7 Å².